The zero-order valence-corrected chi connectivity index (χ0v) is 19.3. The van der Waals surface area contributed by atoms with Gasteiger partial charge in [-0.3, -0.25) is 13.9 Å². The second-order valence-electron chi connectivity index (χ2n) is 8.04. The van der Waals surface area contributed by atoms with Gasteiger partial charge in [0.1, 0.15) is 0 Å². The number of hydrogen-bond donors (Lipinski definition) is 3. The smallest absolute Gasteiger partial charge is 0.305 e. The van der Waals surface area contributed by atoms with E-state index in [1.807, 2.05) is 37.3 Å². The van der Waals surface area contributed by atoms with E-state index in [0.29, 0.717) is 29.4 Å². The van der Waals surface area contributed by atoms with Crippen molar-refractivity contribution in [1.82, 2.24) is 4.31 Å². The minimum Gasteiger partial charge on any atom is -0.481 e. The average Bonchev–Trinajstić information content (AvgIpc) is 2.66. The summed E-state index contributed by atoms with van der Waals surface area (Å²) in [6.45, 7) is 4.04. The molecule has 3 N–H and O–H groups in total. The topological polar surface area (TPSA) is 81.0 Å². The van der Waals surface area contributed by atoms with E-state index in [1.165, 1.54) is 0 Å². The Morgan fingerprint density at radius 2 is 1.80 bits per heavy atom. The first-order valence-electron chi connectivity index (χ1n) is 9.86. The Balaban J connectivity index is 2.20. The van der Waals surface area contributed by atoms with Gasteiger partial charge in [-0.2, -0.15) is 4.31 Å². The van der Waals surface area contributed by atoms with Crippen molar-refractivity contribution in [3.05, 3.63) is 69.7 Å². The Labute approximate surface area is 189 Å². The summed E-state index contributed by atoms with van der Waals surface area (Å²) in [5.74, 6) is -1.23. The number of hydrogen-bond acceptors (Lipinski definition) is 4. The fourth-order valence-corrected chi connectivity index (χ4v) is 7.04. The van der Waals surface area contributed by atoms with Gasteiger partial charge in [-0.15, -0.1) is 10.8 Å². The molecule has 2 aromatic rings. The number of carbonyl (C=O) groups is 1. The average molecular weight is 472 g/mol. The van der Waals surface area contributed by atoms with Crippen molar-refractivity contribution in [1.29, 1.82) is 0 Å². The van der Waals surface area contributed by atoms with Crippen molar-refractivity contribution < 1.29 is 19.0 Å². The first-order chi connectivity index (χ1) is 14.1. The molecule has 1 saturated heterocycles. The number of benzene rings is 2. The van der Waals surface area contributed by atoms with Gasteiger partial charge >= 0.3 is 5.97 Å². The highest BCUT2D eigenvalue weighted by Gasteiger charge is 2.54. The van der Waals surface area contributed by atoms with Gasteiger partial charge in [-0.1, -0.05) is 54.4 Å². The number of nitrogens with zero attached hydrogens (tertiary/aromatic N) is 1. The van der Waals surface area contributed by atoms with Crippen LogP contribution in [0.1, 0.15) is 56.2 Å². The summed E-state index contributed by atoms with van der Waals surface area (Å²) in [6.07, 6.45) is 0.654. The van der Waals surface area contributed by atoms with Crippen LogP contribution >= 0.6 is 34.0 Å². The highest BCUT2D eigenvalue weighted by Crippen LogP contribution is 2.68. The lowest BCUT2D eigenvalue weighted by molar-refractivity contribution is -0.137. The van der Waals surface area contributed by atoms with E-state index < -0.39 is 21.5 Å². The quantitative estimate of drug-likeness (QED) is 0.429. The molecule has 0 aromatic heterocycles. The van der Waals surface area contributed by atoms with E-state index in [4.69, 9.17) is 23.2 Å². The molecule has 0 spiro atoms. The van der Waals surface area contributed by atoms with Crippen LogP contribution < -0.4 is 0 Å². The summed E-state index contributed by atoms with van der Waals surface area (Å²) in [5, 5.41) is 10.7. The monoisotopic (exact) mass is 471 g/mol. The molecule has 0 bridgehead atoms. The molecule has 1 aliphatic heterocycles. The number of halogens is 2. The molecule has 0 amide bonds. The summed E-state index contributed by atoms with van der Waals surface area (Å²) in [5.41, 5.74) is 1.84. The van der Waals surface area contributed by atoms with Crippen LogP contribution in [0.25, 0.3) is 0 Å². The molecule has 8 heteroatoms. The summed E-state index contributed by atoms with van der Waals surface area (Å²) < 4.78 is 23.3. The van der Waals surface area contributed by atoms with Crippen LogP contribution in [0, 0.1) is 0 Å². The number of carboxylic acids is 1. The van der Waals surface area contributed by atoms with Gasteiger partial charge in [0.15, 0.2) is 0 Å². The molecule has 1 aliphatic rings. The minimum absolute atomic E-state index is 0.180. The fraction of sp³-hybridized carbons (Fsp3) is 0.409. The predicted octanol–water partition coefficient (Wildman–Crippen LogP) is 6.83. The van der Waals surface area contributed by atoms with Crippen LogP contribution in [0.5, 0.6) is 0 Å². The second kappa shape index (κ2) is 9.07. The normalized spacial score (nSPS) is 27.5. The zero-order chi connectivity index (χ0) is 22.1. The third kappa shape index (κ3) is 4.49. The van der Waals surface area contributed by atoms with Crippen molar-refractivity contribution in [2.75, 3.05) is 6.54 Å². The van der Waals surface area contributed by atoms with Crippen molar-refractivity contribution >= 4 is 39.9 Å². The Bertz CT molecular complexity index is 908. The first kappa shape index (κ1) is 23.4. The van der Waals surface area contributed by atoms with Gasteiger partial charge in [-0.25, -0.2) is 0 Å². The molecule has 3 unspecified atom stereocenters. The van der Waals surface area contributed by atoms with E-state index in [0.717, 1.165) is 11.1 Å². The zero-order valence-electron chi connectivity index (χ0n) is 17.0. The Kier molecular flexibility index (Phi) is 7.07. The molecule has 164 valence electrons. The van der Waals surface area contributed by atoms with Crippen LogP contribution in [0.4, 0.5) is 0 Å². The maximum Gasteiger partial charge on any atom is 0.305 e. The predicted molar refractivity (Wildman–Crippen MR) is 124 cm³/mol. The van der Waals surface area contributed by atoms with Crippen LogP contribution in [-0.2, 0) is 4.79 Å². The van der Waals surface area contributed by atoms with Crippen molar-refractivity contribution in [2.45, 2.75) is 49.8 Å². The fourth-order valence-electron chi connectivity index (χ4n) is 4.40. The standard InChI is InChI=1S/C22H27Cl2NO4S/c1-3-11-25-21(15-7-9-17(23)10-8-15)19(16-5-4-6-18(24)12-16)13-22(2,14-20(26)27)30(25,28)29/h4-10,12,19,21,28-29H,3,11,13-14H2,1-2H3,(H,26,27). The third-order valence-electron chi connectivity index (χ3n) is 5.79. The lowest BCUT2D eigenvalue weighted by Gasteiger charge is -2.62. The molecular weight excluding hydrogens is 445 g/mol. The lowest BCUT2D eigenvalue weighted by Crippen LogP contribution is -2.52. The van der Waals surface area contributed by atoms with E-state index in [2.05, 4.69) is 0 Å². The minimum atomic E-state index is -3.39. The second-order valence-corrected chi connectivity index (χ2v) is 11.4. The van der Waals surface area contributed by atoms with Gasteiger partial charge in [0.2, 0.25) is 0 Å². The summed E-state index contributed by atoms with van der Waals surface area (Å²) in [6, 6.07) is 14.5. The third-order valence-corrected chi connectivity index (χ3v) is 8.97. The van der Waals surface area contributed by atoms with Crippen molar-refractivity contribution in [3.63, 3.8) is 0 Å². The summed E-state index contributed by atoms with van der Waals surface area (Å²) in [7, 11) is -3.39. The van der Waals surface area contributed by atoms with E-state index >= 15 is 0 Å². The largest absolute Gasteiger partial charge is 0.481 e. The molecule has 30 heavy (non-hydrogen) atoms. The maximum absolute atomic E-state index is 11.6. The molecular formula is C22H27Cl2NO4S. The Hall–Kier alpha value is -1.28. The van der Waals surface area contributed by atoms with E-state index in [-0.39, 0.29) is 18.4 Å². The van der Waals surface area contributed by atoms with Gasteiger partial charge in [0, 0.05) is 22.5 Å². The van der Waals surface area contributed by atoms with Gasteiger partial charge in [0.25, 0.3) is 0 Å². The Morgan fingerprint density at radius 1 is 1.13 bits per heavy atom. The maximum atomic E-state index is 11.6. The van der Waals surface area contributed by atoms with Gasteiger partial charge < -0.3 is 5.11 Å². The van der Waals surface area contributed by atoms with Crippen LogP contribution in [0.15, 0.2) is 48.5 Å². The number of rotatable bonds is 6. The SMILES string of the molecule is CCCN1C(c2ccc(Cl)cc2)C(c2cccc(Cl)c2)CC(C)(CC(=O)O)S1(O)O. The van der Waals surface area contributed by atoms with Crippen LogP contribution in [0.3, 0.4) is 0 Å². The highest BCUT2D eigenvalue weighted by atomic mass is 35.5. The molecule has 0 radical (unpaired) electrons. The number of aliphatic carboxylic acids is 1. The first-order valence-corrected chi connectivity index (χ1v) is 12.1. The number of carboxylic acid groups (broad SMARTS) is 1. The van der Waals surface area contributed by atoms with E-state index in [1.54, 1.807) is 29.4 Å². The molecule has 0 saturated carbocycles. The summed E-state index contributed by atoms with van der Waals surface area (Å²) >= 11 is 12.4. The lowest BCUT2D eigenvalue weighted by atomic mass is 9.79. The molecule has 1 fully saturated rings. The van der Waals surface area contributed by atoms with Gasteiger partial charge in [0.05, 0.1) is 17.2 Å². The molecule has 3 rings (SSSR count). The molecule has 5 nitrogen and oxygen atoms in total. The van der Waals surface area contributed by atoms with Crippen molar-refractivity contribution in [2.24, 2.45) is 0 Å². The Morgan fingerprint density at radius 3 is 2.37 bits per heavy atom. The van der Waals surface area contributed by atoms with E-state index in [9.17, 15) is 19.0 Å². The molecule has 2 aromatic carbocycles. The van der Waals surface area contributed by atoms with Crippen LogP contribution in [0.2, 0.25) is 10.0 Å². The van der Waals surface area contributed by atoms with Gasteiger partial charge in [-0.05, 0) is 55.2 Å². The summed E-state index contributed by atoms with van der Waals surface area (Å²) in [4.78, 5) is 11.6. The molecule has 3 atom stereocenters. The molecule has 1 heterocycles. The van der Waals surface area contributed by atoms with Crippen molar-refractivity contribution in [3.8, 4) is 0 Å². The highest BCUT2D eigenvalue weighted by molar-refractivity contribution is 8.23. The molecule has 0 aliphatic carbocycles. The van der Waals surface area contributed by atoms with Crippen LogP contribution in [-0.4, -0.2) is 35.8 Å².